The van der Waals surface area contributed by atoms with Gasteiger partial charge in [0.05, 0.1) is 17.1 Å². The van der Waals surface area contributed by atoms with Gasteiger partial charge >= 0.3 is 0 Å². The van der Waals surface area contributed by atoms with Crippen LogP contribution in [0.4, 0.5) is 0 Å². The van der Waals surface area contributed by atoms with Crippen LogP contribution in [0.15, 0.2) is 53.3 Å². The van der Waals surface area contributed by atoms with Gasteiger partial charge in [0.1, 0.15) is 6.54 Å². The Hall–Kier alpha value is -2.66. The van der Waals surface area contributed by atoms with Gasteiger partial charge in [-0.1, -0.05) is 24.3 Å². The number of hydrogen-bond acceptors (Lipinski definition) is 3. The molecule has 0 spiro atoms. The minimum Gasteiger partial charge on any atom is -0.391 e. The molecule has 25 heavy (non-hydrogen) atoms. The number of rotatable bonds is 2. The molecule has 4 rings (SSSR count). The molecule has 1 aliphatic heterocycles. The fourth-order valence-electron chi connectivity index (χ4n) is 3.66. The second-order valence-electron chi connectivity index (χ2n) is 6.59. The Bertz CT molecular complexity index is 949. The predicted molar refractivity (Wildman–Crippen MR) is 97.5 cm³/mol. The molecule has 2 heterocycles. The Morgan fingerprint density at radius 2 is 1.64 bits per heavy atom. The van der Waals surface area contributed by atoms with Crippen LogP contribution in [0.5, 0.6) is 0 Å². The van der Waals surface area contributed by atoms with Gasteiger partial charge in [0.2, 0.25) is 5.91 Å². The smallest absolute Gasteiger partial charge is 0.242 e. The fourth-order valence-corrected chi connectivity index (χ4v) is 3.66. The van der Waals surface area contributed by atoms with Gasteiger partial charge in [0.25, 0.3) is 0 Å². The quantitative estimate of drug-likeness (QED) is 0.729. The Labute approximate surface area is 145 Å². The number of amides is 1. The van der Waals surface area contributed by atoms with E-state index in [2.05, 4.69) is 0 Å². The molecule has 5 heteroatoms. The van der Waals surface area contributed by atoms with E-state index in [4.69, 9.17) is 0 Å². The summed E-state index contributed by atoms with van der Waals surface area (Å²) >= 11 is 0. The summed E-state index contributed by atoms with van der Waals surface area (Å²) in [6.45, 7) is 1.22. The first-order valence-electron chi connectivity index (χ1n) is 8.61. The van der Waals surface area contributed by atoms with Crippen LogP contribution in [0, 0.1) is 0 Å². The number of aliphatic hydroxyl groups is 1. The Morgan fingerprint density at radius 1 is 1.04 bits per heavy atom. The van der Waals surface area contributed by atoms with Crippen LogP contribution in [0.1, 0.15) is 12.8 Å². The average molecular weight is 336 g/mol. The minimum atomic E-state index is -0.444. The summed E-state index contributed by atoms with van der Waals surface area (Å²) in [5.41, 5.74) is 1.51. The van der Waals surface area contributed by atoms with Crippen molar-refractivity contribution >= 4 is 27.7 Å². The van der Waals surface area contributed by atoms with Gasteiger partial charge in [-0.25, -0.2) is 0 Å². The Morgan fingerprint density at radius 3 is 2.24 bits per heavy atom. The molecule has 0 aliphatic carbocycles. The standard InChI is InChI=1S/C20H20N2O3/c23-14-6-5-11-21(12-14)19(24)13-22-17-9-3-1-7-15(17)20(25)16-8-2-4-10-18(16)22/h1-4,7-10,14,23H,5-6,11-13H2. The lowest BCUT2D eigenvalue weighted by molar-refractivity contribution is -0.134. The number of pyridine rings is 1. The van der Waals surface area contributed by atoms with E-state index in [0.717, 1.165) is 23.9 Å². The minimum absolute atomic E-state index is 0.0108. The second kappa shape index (κ2) is 6.33. The SMILES string of the molecule is O=C(Cn1c2ccccc2c(=O)c2ccccc21)N1CCCC(O)C1. The van der Waals surface area contributed by atoms with Crippen molar-refractivity contribution in [3.8, 4) is 0 Å². The molecule has 1 amide bonds. The van der Waals surface area contributed by atoms with E-state index < -0.39 is 6.10 Å². The monoisotopic (exact) mass is 336 g/mol. The molecule has 1 aliphatic rings. The fraction of sp³-hybridized carbons (Fsp3) is 0.300. The number of fused-ring (bicyclic) bond motifs is 2. The van der Waals surface area contributed by atoms with Crippen LogP contribution in [0.2, 0.25) is 0 Å². The molecule has 1 fully saturated rings. The van der Waals surface area contributed by atoms with Gasteiger partial charge in [-0.05, 0) is 37.1 Å². The largest absolute Gasteiger partial charge is 0.391 e. The number of aliphatic hydroxyl groups excluding tert-OH is 1. The zero-order valence-corrected chi connectivity index (χ0v) is 13.9. The number of nitrogens with zero attached hydrogens (tertiary/aromatic N) is 2. The highest BCUT2D eigenvalue weighted by Gasteiger charge is 2.23. The number of carbonyl (C=O) groups excluding carboxylic acids is 1. The second-order valence-corrected chi connectivity index (χ2v) is 6.59. The molecule has 128 valence electrons. The van der Waals surface area contributed by atoms with Gasteiger partial charge in [-0.15, -0.1) is 0 Å². The number of para-hydroxylation sites is 2. The molecule has 1 unspecified atom stereocenters. The summed E-state index contributed by atoms with van der Waals surface area (Å²) in [6.07, 6.45) is 1.12. The topological polar surface area (TPSA) is 62.5 Å². The summed E-state index contributed by atoms with van der Waals surface area (Å²) < 4.78 is 1.91. The predicted octanol–water partition coefficient (Wildman–Crippen LogP) is 2.14. The highest BCUT2D eigenvalue weighted by atomic mass is 16.3. The molecule has 1 aromatic heterocycles. The number of benzene rings is 2. The van der Waals surface area contributed by atoms with Gasteiger partial charge in [0, 0.05) is 23.9 Å². The number of β-amino-alcohol motifs (C(OH)–C–C–N with tert-alkyl or cyclic N) is 1. The Kier molecular flexibility index (Phi) is 4.01. The summed E-state index contributed by atoms with van der Waals surface area (Å²) in [4.78, 5) is 27.2. The number of aromatic nitrogens is 1. The molecule has 0 saturated carbocycles. The highest BCUT2D eigenvalue weighted by Crippen LogP contribution is 2.20. The molecule has 1 N–H and O–H groups in total. The van der Waals surface area contributed by atoms with Crippen molar-refractivity contribution in [3.05, 3.63) is 58.8 Å². The maximum atomic E-state index is 12.8. The van der Waals surface area contributed by atoms with E-state index in [1.54, 1.807) is 17.0 Å². The zero-order chi connectivity index (χ0) is 17.4. The lowest BCUT2D eigenvalue weighted by Gasteiger charge is -2.30. The molecule has 3 aromatic rings. The zero-order valence-electron chi connectivity index (χ0n) is 13.9. The van der Waals surface area contributed by atoms with E-state index >= 15 is 0 Å². The van der Waals surface area contributed by atoms with Crippen molar-refractivity contribution in [2.75, 3.05) is 13.1 Å². The summed E-state index contributed by atoms with van der Waals surface area (Å²) in [6, 6.07) is 14.8. The van der Waals surface area contributed by atoms with E-state index in [9.17, 15) is 14.7 Å². The molecule has 0 bridgehead atoms. The molecule has 1 atom stereocenters. The molecule has 2 aromatic carbocycles. The number of carbonyl (C=O) groups is 1. The van der Waals surface area contributed by atoms with Gasteiger partial charge < -0.3 is 14.6 Å². The summed E-state index contributed by atoms with van der Waals surface area (Å²) in [7, 11) is 0. The first kappa shape index (κ1) is 15.8. The molecule has 5 nitrogen and oxygen atoms in total. The molecular formula is C20H20N2O3. The first-order chi connectivity index (χ1) is 12.1. The van der Waals surface area contributed by atoms with E-state index in [0.29, 0.717) is 23.9 Å². The maximum absolute atomic E-state index is 12.8. The van der Waals surface area contributed by atoms with Gasteiger partial charge in [-0.3, -0.25) is 9.59 Å². The Balaban J connectivity index is 1.83. The number of likely N-dealkylation sites (tertiary alicyclic amines) is 1. The van der Waals surface area contributed by atoms with Crippen LogP contribution >= 0.6 is 0 Å². The molecule has 0 radical (unpaired) electrons. The maximum Gasteiger partial charge on any atom is 0.242 e. The third-order valence-corrected chi connectivity index (χ3v) is 4.92. The van der Waals surface area contributed by atoms with Crippen LogP contribution < -0.4 is 5.43 Å². The third-order valence-electron chi connectivity index (χ3n) is 4.92. The molecule has 1 saturated heterocycles. The van der Waals surface area contributed by atoms with Crippen molar-refractivity contribution < 1.29 is 9.90 Å². The third kappa shape index (κ3) is 2.81. The highest BCUT2D eigenvalue weighted by molar-refractivity contribution is 5.94. The first-order valence-corrected chi connectivity index (χ1v) is 8.61. The lowest BCUT2D eigenvalue weighted by Crippen LogP contribution is -2.43. The van der Waals surface area contributed by atoms with E-state index in [1.807, 2.05) is 41.0 Å². The van der Waals surface area contributed by atoms with Crippen molar-refractivity contribution in [2.24, 2.45) is 0 Å². The molecular weight excluding hydrogens is 316 g/mol. The lowest BCUT2D eigenvalue weighted by atomic mass is 10.1. The normalized spacial score (nSPS) is 18.0. The van der Waals surface area contributed by atoms with E-state index in [1.165, 1.54) is 0 Å². The average Bonchev–Trinajstić information content (AvgIpc) is 2.65. The number of piperidine rings is 1. The summed E-state index contributed by atoms with van der Waals surface area (Å²) in [5.74, 6) is -0.0299. The van der Waals surface area contributed by atoms with Crippen molar-refractivity contribution in [3.63, 3.8) is 0 Å². The van der Waals surface area contributed by atoms with Crippen molar-refractivity contribution in [1.29, 1.82) is 0 Å². The van der Waals surface area contributed by atoms with Crippen molar-refractivity contribution in [2.45, 2.75) is 25.5 Å². The van der Waals surface area contributed by atoms with Gasteiger partial charge in [-0.2, -0.15) is 0 Å². The van der Waals surface area contributed by atoms with Crippen LogP contribution in [-0.4, -0.2) is 39.7 Å². The summed E-state index contributed by atoms with van der Waals surface area (Å²) in [5, 5.41) is 11.1. The van der Waals surface area contributed by atoms with Crippen LogP contribution in [0.3, 0.4) is 0 Å². The van der Waals surface area contributed by atoms with Gasteiger partial charge in [0.15, 0.2) is 5.43 Å². The number of hydrogen-bond donors (Lipinski definition) is 1. The van der Waals surface area contributed by atoms with Crippen LogP contribution in [0.25, 0.3) is 21.8 Å². The van der Waals surface area contributed by atoms with Crippen LogP contribution in [-0.2, 0) is 11.3 Å². The van der Waals surface area contributed by atoms with Crippen molar-refractivity contribution in [1.82, 2.24) is 9.47 Å². The van der Waals surface area contributed by atoms with E-state index in [-0.39, 0.29) is 17.9 Å².